The molecular weight excluding hydrogens is 240 g/mol. The Bertz CT molecular complexity index is 739. The predicted octanol–water partition coefficient (Wildman–Crippen LogP) is 2.66. The van der Waals surface area contributed by atoms with Crippen LogP contribution in [0.2, 0.25) is 0 Å². The summed E-state index contributed by atoms with van der Waals surface area (Å²) in [6.45, 7) is 4.21. The molecule has 0 fully saturated rings. The van der Waals surface area contributed by atoms with Gasteiger partial charge in [-0.1, -0.05) is 13.8 Å². The number of hydrogen-bond donors (Lipinski definition) is 1. The van der Waals surface area contributed by atoms with E-state index in [0.717, 1.165) is 28.9 Å². The number of aldehydes is 1. The van der Waals surface area contributed by atoms with Gasteiger partial charge in [0.1, 0.15) is 11.4 Å². The maximum Gasteiger partial charge on any atom is 0.166 e. The number of rotatable bonds is 3. The molecule has 0 bridgehead atoms. The number of aromatic amines is 1. The lowest BCUT2D eigenvalue weighted by Crippen LogP contribution is -1.94. The molecule has 3 aromatic rings. The summed E-state index contributed by atoms with van der Waals surface area (Å²) < 4.78 is 1.82. The summed E-state index contributed by atoms with van der Waals surface area (Å²) in [7, 11) is 0. The zero-order valence-electron chi connectivity index (χ0n) is 10.8. The highest BCUT2D eigenvalue weighted by Crippen LogP contribution is 2.24. The second-order valence-electron chi connectivity index (χ2n) is 4.77. The van der Waals surface area contributed by atoms with E-state index in [1.807, 2.05) is 16.5 Å². The first-order valence-electron chi connectivity index (χ1n) is 6.17. The molecule has 0 atom stereocenters. The molecule has 0 unspecified atom stereocenters. The molecule has 0 amide bonds. The molecule has 3 aromatic heterocycles. The minimum absolute atomic E-state index is 0.387. The Kier molecular flexibility index (Phi) is 2.67. The summed E-state index contributed by atoms with van der Waals surface area (Å²) in [5.74, 6) is 0.387. The van der Waals surface area contributed by atoms with Crippen molar-refractivity contribution in [3.05, 3.63) is 42.0 Å². The first-order valence-corrected chi connectivity index (χ1v) is 6.17. The number of fused-ring (bicyclic) bond motifs is 1. The van der Waals surface area contributed by atoms with E-state index in [-0.39, 0.29) is 0 Å². The van der Waals surface area contributed by atoms with Crippen LogP contribution in [-0.2, 0) is 0 Å². The van der Waals surface area contributed by atoms with Crippen molar-refractivity contribution in [2.75, 3.05) is 0 Å². The summed E-state index contributed by atoms with van der Waals surface area (Å²) in [5, 5.41) is 7.32. The normalized spacial score (nSPS) is 11.3. The van der Waals surface area contributed by atoms with Crippen LogP contribution in [0.4, 0.5) is 0 Å². The molecule has 19 heavy (non-hydrogen) atoms. The van der Waals surface area contributed by atoms with Crippen LogP contribution in [0.15, 0.2) is 30.6 Å². The lowest BCUT2D eigenvalue weighted by molar-refractivity contribution is 0.111. The minimum atomic E-state index is 0.387. The lowest BCUT2D eigenvalue weighted by Gasteiger charge is -2.01. The van der Waals surface area contributed by atoms with Crippen LogP contribution < -0.4 is 0 Å². The van der Waals surface area contributed by atoms with Crippen molar-refractivity contribution in [3.8, 4) is 11.4 Å². The fourth-order valence-electron chi connectivity index (χ4n) is 2.11. The van der Waals surface area contributed by atoms with Crippen LogP contribution in [0.25, 0.3) is 16.9 Å². The molecule has 0 saturated heterocycles. The summed E-state index contributed by atoms with van der Waals surface area (Å²) in [4.78, 5) is 15.3. The van der Waals surface area contributed by atoms with E-state index >= 15 is 0 Å². The summed E-state index contributed by atoms with van der Waals surface area (Å²) in [6, 6.07) is 5.67. The summed E-state index contributed by atoms with van der Waals surface area (Å²) >= 11 is 0. The lowest BCUT2D eigenvalue weighted by atomic mass is 10.1. The average molecular weight is 254 g/mol. The molecule has 96 valence electrons. The highest BCUT2D eigenvalue weighted by Gasteiger charge is 2.12. The second kappa shape index (κ2) is 4.35. The van der Waals surface area contributed by atoms with Gasteiger partial charge in [0, 0.05) is 18.1 Å². The fraction of sp³-hybridized carbons (Fsp3) is 0.214. The number of carbonyl (C=O) groups is 1. The molecule has 5 heteroatoms. The fourth-order valence-corrected chi connectivity index (χ4v) is 2.11. The molecule has 3 rings (SSSR count). The first kappa shape index (κ1) is 11.6. The SMILES string of the molecule is CC(C)c1cc(-c2nccn3c(C=O)ccc23)n[nH]1. The van der Waals surface area contributed by atoms with Gasteiger partial charge in [-0.3, -0.25) is 14.9 Å². The maximum absolute atomic E-state index is 11.0. The number of H-pyrrole nitrogens is 1. The molecule has 0 aliphatic heterocycles. The molecule has 0 saturated carbocycles. The molecule has 3 heterocycles. The van der Waals surface area contributed by atoms with Crippen LogP contribution >= 0.6 is 0 Å². The van der Waals surface area contributed by atoms with Crippen LogP contribution in [0.3, 0.4) is 0 Å². The van der Waals surface area contributed by atoms with E-state index in [1.165, 1.54) is 0 Å². The van der Waals surface area contributed by atoms with Crippen molar-refractivity contribution in [1.29, 1.82) is 0 Å². The van der Waals surface area contributed by atoms with E-state index in [2.05, 4.69) is 29.0 Å². The number of nitrogens with one attached hydrogen (secondary N) is 1. The van der Waals surface area contributed by atoms with E-state index in [4.69, 9.17) is 0 Å². The van der Waals surface area contributed by atoms with Gasteiger partial charge < -0.3 is 4.40 Å². The third-order valence-electron chi connectivity index (χ3n) is 3.19. The van der Waals surface area contributed by atoms with Crippen LogP contribution in [0.1, 0.15) is 35.9 Å². The van der Waals surface area contributed by atoms with Crippen molar-refractivity contribution in [2.45, 2.75) is 19.8 Å². The van der Waals surface area contributed by atoms with Gasteiger partial charge in [-0.2, -0.15) is 5.10 Å². The Morgan fingerprint density at radius 3 is 2.89 bits per heavy atom. The topological polar surface area (TPSA) is 63.1 Å². The molecule has 0 spiro atoms. The number of aromatic nitrogens is 4. The Balaban J connectivity index is 2.18. The maximum atomic E-state index is 11.0. The smallest absolute Gasteiger partial charge is 0.166 e. The summed E-state index contributed by atoms with van der Waals surface area (Å²) in [5.41, 5.74) is 4.13. The van der Waals surface area contributed by atoms with Gasteiger partial charge in [0.15, 0.2) is 6.29 Å². The van der Waals surface area contributed by atoms with E-state index < -0.39 is 0 Å². The van der Waals surface area contributed by atoms with Crippen LogP contribution in [0.5, 0.6) is 0 Å². The van der Waals surface area contributed by atoms with Crippen molar-refractivity contribution in [1.82, 2.24) is 19.6 Å². The van der Waals surface area contributed by atoms with E-state index in [0.29, 0.717) is 11.6 Å². The Morgan fingerprint density at radius 2 is 2.21 bits per heavy atom. The minimum Gasteiger partial charge on any atom is -0.310 e. The summed E-state index contributed by atoms with van der Waals surface area (Å²) in [6.07, 6.45) is 4.29. The molecule has 0 aliphatic rings. The predicted molar refractivity (Wildman–Crippen MR) is 72.3 cm³/mol. The zero-order chi connectivity index (χ0) is 13.4. The number of hydrogen-bond acceptors (Lipinski definition) is 3. The van der Waals surface area contributed by atoms with Crippen molar-refractivity contribution in [2.24, 2.45) is 0 Å². The Hall–Kier alpha value is -2.43. The van der Waals surface area contributed by atoms with Crippen molar-refractivity contribution in [3.63, 3.8) is 0 Å². The highest BCUT2D eigenvalue weighted by molar-refractivity contribution is 5.81. The van der Waals surface area contributed by atoms with Gasteiger partial charge in [0.05, 0.1) is 11.2 Å². The average Bonchev–Trinajstić information content (AvgIpc) is 3.05. The quantitative estimate of drug-likeness (QED) is 0.731. The molecule has 0 aromatic carbocycles. The zero-order valence-corrected chi connectivity index (χ0v) is 10.8. The second-order valence-corrected chi connectivity index (χ2v) is 4.77. The number of carbonyl (C=O) groups excluding carboxylic acids is 1. The Labute approximate surface area is 110 Å². The molecule has 0 radical (unpaired) electrons. The van der Waals surface area contributed by atoms with Crippen LogP contribution in [0, 0.1) is 0 Å². The molecule has 0 aliphatic carbocycles. The van der Waals surface area contributed by atoms with Gasteiger partial charge >= 0.3 is 0 Å². The highest BCUT2D eigenvalue weighted by atomic mass is 16.1. The van der Waals surface area contributed by atoms with Gasteiger partial charge in [0.2, 0.25) is 0 Å². The van der Waals surface area contributed by atoms with Crippen molar-refractivity contribution >= 4 is 11.8 Å². The largest absolute Gasteiger partial charge is 0.310 e. The van der Waals surface area contributed by atoms with Gasteiger partial charge in [-0.25, -0.2) is 0 Å². The third kappa shape index (κ3) is 1.83. The van der Waals surface area contributed by atoms with Gasteiger partial charge in [0.25, 0.3) is 0 Å². The monoisotopic (exact) mass is 254 g/mol. The number of nitrogens with zero attached hydrogens (tertiary/aromatic N) is 3. The molecular formula is C14H14N4O. The van der Waals surface area contributed by atoms with Crippen LogP contribution in [-0.4, -0.2) is 25.9 Å². The van der Waals surface area contributed by atoms with E-state index in [9.17, 15) is 4.79 Å². The third-order valence-corrected chi connectivity index (χ3v) is 3.19. The standard InChI is InChI=1S/C14H14N4O/c1-9(2)11-7-12(17-16-11)14-13-4-3-10(8-19)18(13)6-5-15-14/h3-9H,1-2H3,(H,16,17). The van der Waals surface area contributed by atoms with Crippen molar-refractivity contribution < 1.29 is 4.79 Å². The molecule has 5 nitrogen and oxygen atoms in total. The van der Waals surface area contributed by atoms with E-state index in [1.54, 1.807) is 18.5 Å². The van der Waals surface area contributed by atoms with Gasteiger partial charge in [-0.15, -0.1) is 0 Å². The molecule has 1 N–H and O–H groups in total. The Morgan fingerprint density at radius 1 is 1.37 bits per heavy atom. The first-order chi connectivity index (χ1) is 9.20. The van der Waals surface area contributed by atoms with Gasteiger partial charge in [-0.05, 0) is 24.1 Å².